The van der Waals surface area contributed by atoms with Gasteiger partial charge in [-0.1, -0.05) is 18.5 Å². The van der Waals surface area contributed by atoms with Gasteiger partial charge in [-0.15, -0.1) is 0 Å². The summed E-state index contributed by atoms with van der Waals surface area (Å²) >= 11 is 6.49. The van der Waals surface area contributed by atoms with Crippen molar-refractivity contribution in [2.24, 2.45) is 11.8 Å². The molecular weight excluding hydrogens is 571 g/mol. The molecule has 1 fully saturated rings. The van der Waals surface area contributed by atoms with Gasteiger partial charge in [0.25, 0.3) is 5.91 Å². The van der Waals surface area contributed by atoms with E-state index in [9.17, 15) is 35.2 Å². The third-order valence-electron chi connectivity index (χ3n) is 6.83. The zero-order valence-electron chi connectivity index (χ0n) is 21.6. The van der Waals surface area contributed by atoms with Gasteiger partial charge in [0.05, 0.1) is 27.4 Å². The molecule has 1 N–H and O–H groups in total. The van der Waals surface area contributed by atoms with E-state index in [2.05, 4.69) is 20.1 Å². The summed E-state index contributed by atoms with van der Waals surface area (Å²) in [4.78, 5) is 16.9. The van der Waals surface area contributed by atoms with Crippen LogP contribution in [0.5, 0.6) is 5.75 Å². The van der Waals surface area contributed by atoms with E-state index < -0.39 is 46.6 Å². The van der Waals surface area contributed by atoms with Crippen molar-refractivity contribution in [3.63, 3.8) is 0 Å². The Morgan fingerprint density at radius 1 is 1.26 bits per heavy atom. The van der Waals surface area contributed by atoms with Crippen LogP contribution in [0.2, 0.25) is 5.02 Å². The van der Waals surface area contributed by atoms with Crippen LogP contribution >= 0.6 is 11.6 Å². The molecule has 2 aromatic heterocycles. The molecule has 8 nitrogen and oxygen atoms in total. The number of hydrogen-bond donors (Lipinski definition) is 1. The Labute approximate surface area is 228 Å². The van der Waals surface area contributed by atoms with Gasteiger partial charge >= 0.3 is 12.8 Å². The van der Waals surface area contributed by atoms with E-state index in [1.807, 2.05) is 0 Å². The van der Waals surface area contributed by atoms with Crippen LogP contribution in [0.4, 0.5) is 22.0 Å². The second-order valence-electron chi connectivity index (χ2n) is 9.71. The summed E-state index contributed by atoms with van der Waals surface area (Å²) in [6, 6.07) is 1.000. The minimum absolute atomic E-state index is 0.0524. The molecule has 3 rings (SSSR count). The maximum absolute atomic E-state index is 13.2. The lowest BCUT2D eigenvalue weighted by atomic mass is 9.89. The largest absolute Gasteiger partial charge is 0.434 e. The molecule has 0 aromatic carbocycles. The molecule has 2 aromatic rings. The summed E-state index contributed by atoms with van der Waals surface area (Å²) in [6.45, 7) is -0.202. The van der Waals surface area contributed by atoms with Gasteiger partial charge in [0.2, 0.25) is 0 Å². The van der Waals surface area contributed by atoms with Crippen LogP contribution in [-0.4, -0.2) is 59.9 Å². The first-order valence-corrected chi connectivity index (χ1v) is 14.7. The standard InChI is InChI=1S/C24H30ClF5N4O4S/c1-4-34-21(17-12-31-15(9-13(2)24(28,29)30)10-18(17)38-23(26)27)19(25)20(33-34)22(35)32-11-14-5-7-16(8-6-14)39(3,36)37/h10,12-14,16,23H,4-9,11H2,1-3H3,(H,32,35)/t13-,14-,16-/m1/s1. The number of carbonyl (C=O) groups is 1. The Kier molecular flexibility index (Phi) is 9.84. The number of hydrogen-bond acceptors (Lipinski definition) is 6. The predicted molar refractivity (Wildman–Crippen MR) is 135 cm³/mol. The first kappa shape index (κ1) is 31.1. The van der Waals surface area contributed by atoms with E-state index in [0.717, 1.165) is 19.2 Å². The fourth-order valence-corrected chi connectivity index (χ4v) is 6.00. The lowest BCUT2D eigenvalue weighted by Crippen LogP contribution is -2.34. The topological polar surface area (TPSA) is 103 Å². The van der Waals surface area contributed by atoms with Gasteiger partial charge in [-0.25, -0.2) is 8.42 Å². The van der Waals surface area contributed by atoms with Crippen molar-refractivity contribution in [3.05, 3.63) is 28.7 Å². The highest BCUT2D eigenvalue weighted by molar-refractivity contribution is 7.91. The second-order valence-corrected chi connectivity index (χ2v) is 12.4. The van der Waals surface area contributed by atoms with E-state index in [4.69, 9.17) is 11.6 Å². The van der Waals surface area contributed by atoms with Gasteiger partial charge in [0.15, 0.2) is 5.69 Å². The molecule has 1 aliphatic carbocycles. The highest BCUT2D eigenvalue weighted by atomic mass is 35.5. The van der Waals surface area contributed by atoms with Gasteiger partial charge in [0.1, 0.15) is 15.6 Å². The molecule has 2 heterocycles. The first-order valence-electron chi connectivity index (χ1n) is 12.4. The summed E-state index contributed by atoms with van der Waals surface area (Å²) in [5.74, 6) is -2.76. The Morgan fingerprint density at radius 2 is 1.90 bits per heavy atom. The average molecular weight is 601 g/mol. The third kappa shape index (κ3) is 7.80. The van der Waals surface area contributed by atoms with Crippen molar-refractivity contribution >= 4 is 27.3 Å². The number of alkyl halides is 5. The number of aromatic nitrogens is 3. The van der Waals surface area contributed by atoms with Crippen molar-refractivity contribution in [3.8, 4) is 17.0 Å². The minimum atomic E-state index is -4.50. The number of sulfone groups is 1. The van der Waals surface area contributed by atoms with Crippen molar-refractivity contribution in [1.29, 1.82) is 0 Å². The Bertz CT molecular complexity index is 1280. The molecule has 218 valence electrons. The predicted octanol–water partition coefficient (Wildman–Crippen LogP) is 5.29. The quantitative estimate of drug-likeness (QED) is 0.372. The molecule has 0 spiro atoms. The number of halogens is 6. The van der Waals surface area contributed by atoms with Gasteiger partial charge in [-0.2, -0.15) is 27.1 Å². The normalized spacial score (nSPS) is 19.2. The number of carbonyl (C=O) groups excluding carboxylic acids is 1. The fourth-order valence-electron chi connectivity index (χ4n) is 4.55. The zero-order chi connectivity index (χ0) is 29.1. The van der Waals surface area contributed by atoms with Gasteiger partial charge in [-0.3, -0.25) is 14.5 Å². The molecule has 39 heavy (non-hydrogen) atoms. The molecule has 1 atom stereocenters. The van der Waals surface area contributed by atoms with E-state index in [1.54, 1.807) is 6.92 Å². The number of nitrogens with one attached hydrogen (secondary N) is 1. The van der Waals surface area contributed by atoms with Gasteiger partial charge in [0, 0.05) is 43.7 Å². The Morgan fingerprint density at radius 3 is 2.44 bits per heavy atom. The fraction of sp³-hybridized carbons (Fsp3) is 0.625. The summed E-state index contributed by atoms with van der Waals surface area (Å²) < 4.78 is 94.8. The lowest BCUT2D eigenvalue weighted by molar-refractivity contribution is -0.169. The summed E-state index contributed by atoms with van der Waals surface area (Å²) in [5, 5.41) is 6.41. The number of rotatable bonds is 10. The zero-order valence-corrected chi connectivity index (χ0v) is 23.1. The van der Waals surface area contributed by atoms with Crippen LogP contribution in [0.15, 0.2) is 12.3 Å². The van der Waals surface area contributed by atoms with Crippen molar-refractivity contribution in [1.82, 2.24) is 20.1 Å². The molecular formula is C24H30ClF5N4O4S. The van der Waals surface area contributed by atoms with Gasteiger partial charge in [-0.05, 0) is 38.5 Å². The lowest BCUT2D eigenvalue weighted by Gasteiger charge is -2.27. The Balaban J connectivity index is 1.83. The van der Waals surface area contributed by atoms with Crippen LogP contribution in [-0.2, 0) is 22.8 Å². The number of ether oxygens (including phenoxy) is 1. The van der Waals surface area contributed by atoms with E-state index in [0.29, 0.717) is 25.7 Å². The average Bonchev–Trinajstić information content (AvgIpc) is 3.17. The minimum Gasteiger partial charge on any atom is -0.434 e. The highest BCUT2D eigenvalue weighted by Crippen LogP contribution is 2.38. The molecule has 15 heteroatoms. The number of nitrogens with zero attached hydrogens (tertiary/aromatic N) is 3. The SMILES string of the molecule is CCn1nc(C(=O)NC[C@H]2CC[C@H](S(C)(=O)=O)CC2)c(Cl)c1-c1cnc(C[C@@H](C)C(F)(F)F)cc1OC(F)F. The molecule has 0 saturated heterocycles. The number of amides is 1. The summed E-state index contributed by atoms with van der Waals surface area (Å²) in [7, 11) is -3.12. The first-order chi connectivity index (χ1) is 18.1. The van der Waals surface area contributed by atoms with Crippen molar-refractivity contribution in [2.45, 2.75) is 70.5 Å². The van der Waals surface area contributed by atoms with E-state index in [-0.39, 0.29) is 51.9 Å². The van der Waals surface area contributed by atoms with Crippen LogP contribution < -0.4 is 10.1 Å². The van der Waals surface area contributed by atoms with Gasteiger partial charge < -0.3 is 10.1 Å². The van der Waals surface area contributed by atoms with E-state index in [1.165, 1.54) is 10.9 Å². The van der Waals surface area contributed by atoms with E-state index >= 15 is 0 Å². The number of aryl methyl sites for hydroxylation is 1. The van der Waals surface area contributed by atoms with Crippen LogP contribution in [0.3, 0.4) is 0 Å². The second kappa shape index (κ2) is 12.4. The van der Waals surface area contributed by atoms with Crippen molar-refractivity contribution in [2.75, 3.05) is 12.8 Å². The monoisotopic (exact) mass is 600 g/mol. The molecule has 1 saturated carbocycles. The molecule has 0 aliphatic heterocycles. The molecule has 1 aliphatic rings. The summed E-state index contributed by atoms with van der Waals surface area (Å²) in [6.07, 6.45) is -0.494. The van der Waals surface area contributed by atoms with Crippen molar-refractivity contribution < 1.29 is 39.9 Å². The maximum atomic E-state index is 13.2. The third-order valence-corrected chi connectivity index (χ3v) is 8.87. The van der Waals surface area contributed by atoms with Crippen LogP contribution in [0.25, 0.3) is 11.3 Å². The van der Waals surface area contributed by atoms with Crippen LogP contribution in [0, 0.1) is 11.8 Å². The maximum Gasteiger partial charge on any atom is 0.391 e. The summed E-state index contributed by atoms with van der Waals surface area (Å²) in [5.41, 5.74) is -0.287. The molecule has 1 amide bonds. The highest BCUT2D eigenvalue weighted by Gasteiger charge is 2.36. The molecule has 0 radical (unpaired) electrons. The molecule has 0 bridgehead atoms. The molecule has 0 unspecified atom stereocenters. The number of pyridine rings is 1. The smallest absolute Gasteiger partial charge is 0.391 e. The van der Waals surface area contributed by atoms with Crippen LogP contribution in [0.1, 0.15) is 55.7 Å². The Hall–Kier alpha value is -2.48.